The van der Waals surface area contributed by atoms with E-state index in [-0.39, 0.29) is 0 Å². The minimum Gasteiger partial charge on any atom is -0.399 e. The third kappa shape index (κ3) is 3.76. The zero-order valence-electron chi connectivity index (χ0n) is 12.4. The smallest absolute Gasteiger partial charge is 0.0367 e. The molecular weight excluding hydrogens is 258 g/mol. The Morgan fingerprint density at radius 3 is 2.33 bits per heavy atom. The van der Waals surface area contributed by atoms with Crippen molar-refractivity contribution in [3.63, 3.8) is 0 Å². The number of nitrogens with two attached hydrogens (primary N) is 1. The molecule has 2 N–H and O–H groups in total. The molecule has 0 saturated carbocycles. The third-order valence-electron chi connectivity index (χ3n) is 4.16. The quantitative estimate of drug-likeness (QED) is 0.875. The van der Waals surface area contributed by atoms with Crippen molar-refractivity contribution < 1.29 is 0 Å². The van der Waals surface area contributed by atoms with Gasteiger partial charge in [0.2, 0.25) is 0 Å². The van der Waals surface area contributed by atoms with Crippen LogP contribution in [0.2, 0.25) is 0 Å². The van der Waals surface area contributed by atoms with Crippen LogP contribution in [0.25, 0.3) is 0 Å². The van der Waals surface area contributed by atoms with Crippen molar-refractivity contribution in [1.82, 2.24) is 4.90 Å². The zero-order valence-corrected chi connectivity index (χ0v) is 12.4. The summed E-state index contributed by atoms with van der Waals surface area (Å²) in [6, 6.07) is 18.9. The van der Waals surface area contributed by atoms with Crippen molar-refractivity contribution in [2.75, 3.05) is 43.4 Å². The monoisotopic (exact) mass is 281 g/mol. The SMILES string of the molecule is Nc1cccc(CCN2CCN(c3ccccc3)CC2)c1. The normalized spacial score (nSPS) is 16.1. The van der Waals surface area contributed by atoms with Crippen molar-refractivity contribution in [2.24, 2.45) is 0 Å². The number of rotatable bonds is 4. The molecular formula is C18H23N3. The summed E-state index contributed by atoms with van der Waals surface area (Å²) >= 11 is 0. The summed E-state index contributed by atoms with van der Waals surface area (Å²) in [6.07, 6.45) is 1.08. The highest BCUT2D eigenvalue weighted by molar-refractivity contribution is 5.46. The number of para-hydroxylation sites is 1. The maximum Gasteiger partial charge on any atom is 0.0367 e. The van der Waals surface area contributed by atoms with E-state index in [1.807, 2.05) is 12.1 Å². The molecule has 110 valence electrons. The number of hydrogen-bond donors (Lipinski definition) is 1. The largest absolute Gasteiger partial charge is 0.399 e. The van der Waals surface area contributed by atoms with Gasteiger partial charge in [-0.15, -0.1) is 0 Å². The molecule has 21 heavy (non-hydrogen) atoms. The lowest BCUT2D eigenvalue weighted by atomic mass is 10.1. The number of hydrogen-bond acceptors (Lipinski definition) is 3. The lowest BCUT2D eigenvalue weighted by Gasteiger charge is -2.36. The van der Waals surface area contributed by atoms with Gasteiger partial charge in [-0.25, -0.2) is 0 Å². The van der Waals surface area contributed by atoms with E-state index in [0.29, 0.717) is 0 Å². The average molecular weight is 281 g/mol. The van der Waals surface area contributed by atoms with Gasteiger partial charge in [0.25, 0.3) is 0 Å². The maximum absolute atomic E-state index is 5.83. The molecule has 2 aromatic rings. The van der Waals surface area contributed by atoms with Gasteiger partial charge in [-0.05, 0) is 36.2 Å². The molecule has 0 bridgehead atoms. The molecule has 2 aromatic carbocycles. The summed E-state index contributed by atoms with van der Waals surface area (Å²) in [6.45, 7) is 5.61. The number of nitrogens with zero attached hydrogens (tertiary/aromatic N) is 2. The Morgan fingerprint density at radius 1 is 0.857 bits per heavy atom. The molecule has 0 atom stereocenters. The molecule has 1 saturated heterocycles. The molecule has 0 aromatic heterocycles. The van der Waals surface area contributed by atoms with Gasteiger partial charge in [0.1, 0.15) is 0 Å². The van der Waals surface area contributed by atoms with E-state index in [4.69, 9.17) is 5.73 Å². The maximum atomic E-state index is 5.83. The topological polar surface area (TPSA) is 32.5 Å². The van der Waals surface area contributed by atoms with Crippen LogP contribution in [0, 0.1) is 0 Å². The minimum atomic E-state index is 0.862. The van der Waals surface area contributed by atoms with E-state index in [9.17, 15) is 0 Å². The van der Waals surface area contributed by atoms with Gasteiger partial charge in [0.05, 0.1) is 0 Å². The van der Waals surface area contributed by atoms with E-state index in [2.05, 4.69) is 52.3 Å². The summed E-state index contributed by atoms with van der Waals surface area (Å²) in [4.78, 5) is 5.01. The van der Waals surface area contributed by atoms with Crippen LogP contribution in [-0.2, 0) is 6.42 Å². The fraction of sp³-hybridized carbons (Fsp3) is 0.333. The van der Waals surface area contributed by atoms with Gasteiger partial charge in [-0.3, -0.25) is 4.90 Å². The Labute approximate surface area is 127 Å². The van der Waals surface area contributed by atoms with Gasteiger partial charge < -0.3 is 10.6 Å². The predicted molar refractivity (Wildman–Crippen MR) is 89.7 cm³/mol. The molecule has 1 fully saturated rings. The molecule has 0 spiro atoms. The molecule has 1 aliphatic rings. The number of nitrogen functional groups attached to an aromatic ring is 1. The summed E-state index contributed by atoms with van der Waals surface area (Å²) in [7, 11) is 0. The lowest BCUT2D eigenvalue weighted by Crippen LogP contribution is -2.46. The van der Waals surface area contributed by atoms with Gasteiger partial charge in [-0.1, -0.05) is 30.3 Å². The summed E-state index contributed by atoms with van der Waals surface area (Å²) in [5.41, 5.74) is 9.37. The molecule has 3 heteroatoms. The molecule has 1 aliphatic heterocycles. The van der Waals surface area contributed by atoms with Crippen molar-refractivity contribution in [1.29, 1.82) is 0 Å². The fourth-order valence-corrected chi connectivity index (χ4v) is 2.90. The van der Waals surface area contributed by atoms with Crippen LogP contribution in [0.1, 0.15) is 5.56 Å². The Balaban J connectivity index is 1.48. The highest BCUT2D eigenvalue weighted by Gasteiger charge is 2.16. The minimum absolute atomic E-state index is 0.862. The first-order chi connectivity index (χ1) is 10.3. The second-order valence-electron chi connectivity index (χ2n) is 5.66. The number of piperazine rings is 1. The molecule has 1 heterocycles. The van der Waals surface area contributed by atoms with Crippen molar-refractivity contribution in [2.45, 2.75) is 6.42 Å². The van der Waals surface area contributed by atoms with Crippen LogP contribution in [0.5, 0.6) is 0 Å². The van der Waals surface area contributed by atoms with Crippen LogP contribution < -0.4 is 10.6 Å². The molecule has 3 rings (SSSR count). The van der Waals surface area contributed by atoms with Crippen LogP contribution in [0.15, 0.2) is 54.6 Å². The van der Waals surface area contributed by atoms with Crippen molar-refractivity contribution in [3.8, 4) is 0 Å². The zero-order chi connectivity index (χ0) is 14.5. The standard InChI is InChI=1S/C18H23N3/c19-17-6-4-5-16(15-17)9-10-20-11-13-21(14-12-20)18-7-2-1-3-8-18/h1-8,15H,9-14,19H2. The predicted octanol–water partition coefficient (Wildman–Crippen LogP) is 2.63. The highest BCUT2D eigenvalue weighted by Crippen LogP contribution is 2.16. The van der Waals surface area contributed by atoms with E-state index in [1.54, 1.807) is 0 Å². The number of anilines is 2. The van der Waals surface area contributed by atoms with Crippen molar-refractivity contribution >= 4 is 11.4 Å². The average Bonchev–Trinajstić information content (AvgIpc) is 2.54. The second kappa shape index (κ2) is 6.64. The van der Waals surface area contributed by atoms with Gasteiger partial charge >= 0.3 is 0 Å². The third-order valence-corrected chi connectivity index (χ3v) is 4.16. The summed E-state index contributed by atoms with van der Waals surface area (Å²) < 4.78 is 0. The Kier molecular flexibility index (Phi) is 4.41. The van der Waals surface area contributed by atoms with E-state index in [0.717, 1.165) is 44.8 Å². The van der Waals surface area contributed by atoms with E-state index >= 15 is 0 Å². The lowest BCUT2D eigenvalue weighted by molar-refractivity contribution is 0.261. The van der Waals surface area contributed by atoms with Gasteiger partial charge in [-0.2, -0.15) is 0 Å². The Hall–Kier alpha value is -2.00. The number of benzene rings is 2. The van der Waals surface area contributed by atoms with Crippen molar-refractivity contribution in [3.05, 3.63) is 60.2 Å². The first-order valence-electron chi connectivity index (χ1n) is 7.68. The van der Waals surface area contributed by atoms with Crippen LogP contribution >= 0.6 is 0 Å². The second-order valence-corrected chi connectivity index (χ2v) is 5.66. The van der Waals surface area contributed by atoms with Crippen LogP contribution in [0.3, 0.4) is 0 Å². The van der Waals surface area contributed by atoms with E-state index in [1.165, 1.54) is 11.3 Å². The van der Waals surface area contributed by atoms with Gasteiger partial charge in [0.15, 0.2) is 0 Å². The molecule has 3 nitrogen and oxygen atoms in total. The fourth-order valence-electron chi connectivity index (χ4n) is 2.90. The molecule has 0 aliphatic carbocycles. The first-order valence-corrected chi connectivity index (χ1v) is 7.68. The Bertz CT molecular complexity index is 560. The first kappa shape index (κ1) is 14.0. The highest BCUT2D eigenvalue weighted by atomic mass is 15.3. The Morgan fingerprint density at radius 2 is 1.62 bits per heavy atom. The van der Waals surface area contributed by atoms with E-state index < -0.39 is 0 Å². The van der Waals surface area contributed by atoms with Crippen LogP contribution in [-0.4, -0.2) is 37.6 Å². The van der Waals surface area contributed by atoms with Crippen LogP contribution in [0.4, 0.5) is 11.4 Å². The summed E-state index contributed by atoms with van der Waals surface area (Å²) in [5, 5.41) is 0. The molecule has 0 amide bonds. The molecule has 0 unspecified atom stereocenters. The summed E-state index contributed by atoms with van der Waals surface area (Å²) in [5.74, 6) is 0. The molecule has 0 radical (unpaired) electrons. The van der Waals surface area contributed by atoms with Gasteiger partial charge in [0, 0.05) is 44.1 Å².